The Labute approximate surface area is 136 Å². The van der Waals surface area contributed by atoms with Gasteiger partial charge in [-0.1, -0.05) is 0 Å². The minimum absolute atomic E-state index is 0.00504. The second kappa shape index (κ2) is 7.25. The van der Waals surface area contributed by atoms with E-state index in [4.69, 9.17) is 9.47 Å². The Morgan fingerprint density at radius 2 is 2.22 bits per heavy atom. The second-order valence-corrected chi connectivity index (χ2v) is 6.01. The number of carbonyl (C=O) groups is 1. The lowest BCUT2D eigenvalue weighted by molar-refractivity contribution is -0.120. The molecule has 1 N–H and O–H groups in total. The third-order valence-electron chi connectivity index (χ3n) is 4.50. The van der Waals surface area contributed by atoms with Gasteiger partial charge in [-0.2, -0.15) is 0 Å². The van der Waals surface area contributed by atoms with E-state index in [1.54, 1.807) is 13.3 Å². The summed E-state index contributed by atoms with van der Waals surface area (Å²) in [5.74, 6) is 0.808. The fraction of sp³-hybridized carbons (Fsp3) is 0.625. The van der Waals surface area contributed by atoms with Gasteiger partial charge in [-0.3, -0.25) is 9.69 Å². The average molecular weight is 320 g/mol. The van der Waals surface area contributed by atoms with Crippen LogP contribution in [0, 0.1) is 0 Å². The molecule has 1 aromatic heterocycles. The van der Waals surface area contributed by atoms with Crippen molar-refractivity contribution in [2.45, 2.75) is 18.6 Å². The van der Waals surface area contributed by atoms with Crippen LogP contribution in [0.3, 0.4) is 0 Å². The van der Waals surface area contributed by atoms with Crippen molar-refractivity contribution in [1.82, 2.24) is 9.88 Å². The van der Waals surface area contributed by atoms with Gasteiger partial charge in [0.2, 0.25) is 5.91 Å². The van der Waals surface area contributed by atoms with Crippen molar-refractivity contribution in [2.24, 2.45) is 0 Å². The molecule has 7 heteroatoms. The topological polar surface area (TPSA) is 66.9 Å². The number of amides is 1. The first kappa shape index (κ1) is 16.2. The third kappa shape index (κ3) is 3.63. The number of methoxy groups -OCH3 is 1. The molecule has 2 saturated heterocycles. The molecule has 3 rings (SSSR count). The van der Waals surface area contributed by atoms with Gasteiger partial charge in [-0.25, -0.2) is 4.98 Å². The maximum atomic E-state index is 12.6. The summed E-state index contributed by atoms with van der Waals surface area (Å²) >= 11 is 0. The number of hydrogen-bond acceptors (Lipinski definition) is 6. The molecule has 2 aliphatic heterocycles. The lowest BCUT2D eigenvalue weighted by Crippen LogP contribution is -2.39. The van der Waals surface area contributed by atoms with E-state index < -0.39 is 0 Å². The molecule has 3 heterocycles. The predicted octanol–water partition coefficient (Wildman–Crippen LogP) is 0.576. The van der Waals surface area contributed by atoms with Crippen LogP contribution in [0.4, 0.5) is 11.5 Å². The number of hydrogen-bond donors (Lipinski definition) is 1. The molecular weight excluding hydrogens is 296 g/mol. The molecule has 0 unspecified atom stereocenters. The van der Waals surface area contributed by atoms with E-state index >= 15 is 0 Å². The highest BCUT2D eigenvalue weighted by Gasteiger charge is 2.35. The number of carbonyl (C=O) groups excluding carboxylic acids is 1. The molecule has 23 heavy (non-hydrogen) atoms. The zero-order valence-corrected chi connectivity index (χ0v) is 13.7. The first-order valence-electron chi connectivity index (χ1n) is 8.00. The fourth-order valence-corrected chi connectivity index (χ4v) is 3.17. The van der Waals surface area contributed by atoms with Gasteiger partial charge in [0.1, 0.15) is 0 Å². The summed E-state index contributed by atoms with van der Waals surface area (Å²) in [4.78, 5) is 21.3. The van der Waals surface area contributed by atoms with Crippen LogP contribution in [0.5, 0.6) is 0 Å². The number of aromatic nitrogens is 1. The molecule has 0 aromatic carbocycles. The van der Waals surface area contributed by atoms with Gasteiger partial charge in [0.05, 0.1) is 31.0 Å². The lowest BCUT2D eigenvalue weighted by atomic mass is 10.2. The van der Waals surface area contributed by atoms with Crippen molar-refractivity contribution in [3.8, 4) is 0 Å². The summed E-state index contributed by atoms with van der Waals surface area (Å²) in [5, 5.41) is 3.04. The van der Waals surface area contributed by atoms with Crippen molar-refractivity contribution in [3.05, 3.63) is 18.3 Å². The summed E-state index contributed by atoms with van der Waals surface area (Å²) in [7, 11) is 3.64. The van der Waals surface area contributed by atoms with Gasteiger partial charge in [-0.05, 0) is 25.6 Å². The molecule has 0 bridgehead atoms. The van der Waals surface area contributed by atoms with Crippen LogP contribution in [0.2, 0.25) is 0 Å². The lowest BCUT2D eigenvalue weighted by Gasteiger charge is -2.29. The predicted molar refractivity (Wildman–Crippen MR) is 87.7 cm³/mol. The molecule has 2 fully saturated rings. The van der Waals surface area contributed by atoms with Gasteiger partial charge < -0.3 is 19.7 Å². The largest absolute Gasteiger partial charge is 0.380 e. The molecule has 0 saturated carbocycles. The summed E-state index contributed by atoms with van der Waals surface area (Å²) < 4.78 is 10.8. The van der Waals surface area contributed by atoms with Gasteiger partial charge in [0.25, 0.3) is 0 Å². The highest BCUT2D eigenvalue weighted by molar-refractivity contribution is 5.97. The summed E-state index contributed by atoms with van der Waals surface area (Å²) in [5.41, 5.74) is 0.758. The Bertz CT molecular complexity index is 548. The number of ether oxygens (including phenoxy) is 2. The number of likely N-dealkylation sites (tertiary alicyclic amines) is 1. The van der Waals surface area contributed by atoms with Gasteiger partial charge in [-0.15, -0.1) is 0 Å². The number of nitrogens with one attached hydrogen (secondary N) is 1. The second-order valence-electron chi connectivity index (χ2n) is 6.01. The molecule has 126 valence electrons. The summed E-state index contributed by atoms with van der Waals surface area (Å²) in [6, 6.07) is 3.58. The van der Waals surface area contributed by atoms with Crippen LogP contribution in [-0.2, 0) is 14.3 Å². The van der Waals surface area contributed by atoms with Crippen LogP contribution in [0.1, 0.15) is 6.42 Å². The molecule has 0 aliphatic carbocycles. The molecule has 0 radical (unpaired) electrons. The van der Waals surface area contributed by atoms with E-state index in [1.165, 1.54) is 0 Å². The highest BCUT2D eigenvalue weighted by Crippen LogP contribution is 2.25. The summed E-state index contributed by atoms with van der Waals surface area (Å²) in [6.45, 7) is 3.72. The Morgan fingerprint density at radius 1 is 1.43 bits per heavy atom. The van der Waals surface area contributed by atoms with E-state index in [-0.39, 0.29) is 18.1 Å². The van der Waals surface area contributed by atoms with E-state index in [0.29, 0.717) is 19.6 Å². The van der Waals surface area contributed by atoms with Gasteiger partial charge in [0, 0.05) is 32.9 Å². The molecule has 2 aliphatic rings. The highest BCUT2D eigenvalue weighted by atomic mass is 16.5. The molecular formula is C16H24N4O3. The summed E-state index contributed by atoms with van der Waals surface area (Å²) in [6.07, 6.45) is 2.58. The van der Waals surface area contributed by atoms with Crippen LogP contribution < -0.4 is 10.2 Å². The monoisotopic (exact) mass is 320 g/mol. The number of anilines is 2. The molecule has 0 spiro atoms. The number of morpholine rings is 1. The quantitative estimate of drug-likeness (QED) is 0.875. The van der Waals surface area contributed by atoms with Gasteiger partial charge in [0.15, 0.2) is 5.82 Å². The maximum absolute atomic E-state index is 12.6. The van der Waals surface area contributed by atoms with Crippen molar-refractivity contribution in [1.29, 1.82) is 0 Å². The molecule has 7 nitrogen and oxygen atoms in total. The zero-order chi connectivity index (χ0) is 16.2. The minimum atomic E-state index is -0.169. The minimum Gasteiger partial charge on any atom is -0.380 e. The Morgan fingerprint density at radius 3 is 2.91 bits per heavy atom. The molecule has 2 atom stereocenters. The third-order valence-corrected chi connectivity index (χ3v) is 4.50. The van der Waals surface area contributed by atoms with Crippen LogP contribution in [0.25, 0.3) is 0 Å². The molecule has 1 aromatic rings. The Hall–Kier alpha value is -1.70. The first-order valence-corrected chi connectivity index (χ1v) is 8.00. The number of pyridine rings is 1. The Balaban J connectivity index is 1.71. The maximum Gasteiger partial charge on any atom is 0.241 e. The number of nitrogens with zero attached hydrogens (tertiary/aromatic N) is 3. The van der Waals surface area contributed by atoms with E-state index in [9.17, 15) is 4.79 Å². The Kier molecular flexibility index (Phi) is 5.09. The SMILES string of the molecule is CO[C@H]1C[C@@H](C(=O)Nc2cccnc2N2CCOCC2)N(C)C1. The van der Waals surface area contributed by atoms with E-state index in [2.05, 4.69) is 15.2 Å². The average Bonchev–Trinajstić information content (AvgIpc) is 2.97. The zero-order valence-electron chi connectivity index (χ0n) is 13.7. The van der Waals surface area contributed by atoms with E-state index in [0.717, 1.165) is 31.1 Å². The van der Waals surface area contributed by atoms with Crippen molar-refractivity contribution >= 4 is 17.4 Å². The standard InChI is InChI=1S/C16H24N4O3/c1-19-11-12(22-2)10-14(19)16(21)18-13-4-3-5-17-15(13)20-6-8-23-9-7-20/h3-5,12,14H,6-11H2,1-2H3,(H,18,21)/t12-,14-/m0/s1. The first-order chi connectivity index (χ1) is 11.2. The molecule has 1 amide bonds. The van der Waals surface area contributed by atoms with Gasteiger partial charge >= 0.3 is 0 Å². The van der Waals surface area contributed by atoms with Crippen LogP contribution >= 0.6 is 0 Å². The van der Waals surface area contributed by atoms with E-state index in [1.807, 2.05) is 24.1 Å². The number of rotatable bonds is 4. The normalized spacial score (nSPS) is 25.6. The van der Waals surface area contributed by atoms with Crippen molar-refractivity contribution in [2.75, 3.05) is 57.2 Å². The van der Waals surface area contributed by atoms with Crippen LogP contribution in [0.15, 0.2) is 18.3 Å². The fourth-order valence-electron chi connectivity index (χ4n) is 3.17. The smallest absolute Gasteiger partial charge is 0.241 e. The van der Waals surface area contributed by atoms with Crippen molar-refractivity contribution in [3.63, 3.8) is 0 Å². The van der Waals surface area contributed by atoms with Crippen LogP contribution in [-0.4, -0.2) is 74.9 Å². The van der Waals surface area contributed by atoms with Crippen molar-refractivity contribution < 1.29 is 14.3 Å². The number of likely N-dealkylation sites (N-methyl/N-ethyl adjacent to an activating group) is 1.